The Labute approximate surface area is 139 Å². The predicted octanol–water partition coefficient (Wildman–Crippen LogP) is 1.48. The lowest BCUT2D eigenvalue weighted by Gasteiger charge is -2.26. The van der Waals surface area contributed by atoms with Crippen LogP contribution in [0.2, 0.25) is 0 Å². The van der Waals surface area contributed by atoms with Crippen LogP contribution in [0, 0.1) is 0 Å². The first kappa shape index (κ1) is 14.9. The van der Waals surface area contributed by atoms with Crippen molar-refractivity contribution in [3.8, 4) is 5.75 Å². The van der Waals surface area contributed by atoms with Gasteiger partial charge < -0.3 is 19.3 Å². The van der Waals surface area contributed by atoms with E-state index in [1.54, 1.807) is 18.2 Å². The molecular weight excluding hydrogens is 308 g/mol. The Morgan fingerprint density at radius 1 is 1.17 bits per heavy atom. The summed E-state index contributed by atoms with van der Waals surface area (Å²) in [6, 6.07) is 7.44. The monoisotopic (exact) mass is 326 g/mol. The van der Waals surface area contributed by atoms with Crippen molar-refractivity contribution < 1.29 is 14.3 Å². The zero-order valence-electron chi connectivity index (χ0n) is 13.4. The number of fused-ring (bicyclic) bond motifs is 1. The summed E-state index contributed by atoms with van der Waals surface area (Å²) in [5.74, 6) is 1.36. The maximum Gasteiger partial charge on any atom is 0.262 e. The second-order valence-electron chi connectivity index (χ2n) is 5.72. The molecule has 0 atom stereocenters. The van der Waals surface area contributed by atoms with Crippen LogP contribution >= 0.6 is 0 Å². The van der Waals surface area contributed by atoms with Crippen molar-refractivity contribution in [2.75, 3.05) is 43.2 Å². The van der Waals surface area contributed by atoms with E-state index in [1.165, 1.54) is 0 Å². The molecule has 0 aliphatic carbocycles. The summed E-state index contributed by atoms with van der Waals surface area (Å²) in [6.07, 6.45) is 1.64. The summed E-state index contributed by atoms with van der Waals surface area (Å²) in [7, 11) is 1.62. The Morgan fingerprint density at radius 3 is 2.62 bits per heavy atom. The number of aromatic nitrogens is 2. The molecule has 2 aromatic rings. The Bertz CT molecular complexity index is 757. The molecule has 4 rings (SSSR count). The minimum atomic E-state index is -0.0660. The van der Waals surface area contributed by atoms with Crippen molar-refractivity contribution in [1.29, 1.82) is 0 Å². The second kappa shape index (κ2) is 6.09. The van der Waals surface area contributed by atoms with Crippen LogP contribution in [0.3, 0.4) is 0 Å². The summed E-state index contributed by atoms with van der Waals surface area (Å²) >= 11 is 0. The van der Waals surface area contributed by atoms with Crippen LogP contribution in [0.5, 0.6) is 5.75 Å². The third kappa shape index (κ3) is 2.56. The predicted molar refractivity (Wildman–Crippen MR) is 88.6 cm³/mol. The van der Waals surface area contributed by atoms with E-state index in [9.17, 15) is 4.79 Å². The zero-order chi connectivity index (χ0) is 16.5. The summed E-state index contributed by atoms with van der Waals surface area (Å²) < 4.78 is 10.5. The molecule has 7 nitrogen and oxygen atoms in total. The SMILES string of the molecule is COc1ccc(N2Cc3nc(N4CCOCC4)ncc3C2=O)cc1. The van der Waals surface area contributed by atoms with E-state index in [1.807, 2.05) is 24.3 Å². The average molecular weight is 326 g/mol. The van der Waals surface area contributed by atoms with Gasteiger partial charge in [0.2, 0.25) is 5.95 Å². The van der Waals surface area contributed by atoms with Gasteiger partial charge in [0.05, 0.1) is 38.1 Å². The van der Waals surface area contributed by atoms with Crippen molar-refractivity contribution in [2.45, 2.75) is 6.54 Å². The molecule has 124 valence electrons. The lowest BCUT2D eigenvalue weighted by Crippen LogP contribution is -2.37. The molecule has 1 amide bonds. The van der Waals surface area contributed by atoms with Gasteiger partial charge in [-0.2, -0.15) is 0 Å². The molecule has 1 aromatic heterocycles. The Kier molecular flexibility index (Phi) is 3.78. The first-order valence-corrected chi connectivity index (χ1v) is 7.91. The number of morpholine rings is 1. The number of anilines is 2. The molecule has 1 saturated heterocycles. The zero-order valence-corrected chi connectivity index (χ0v) is 13.4. The molecule has 0 radical (unpaired) electrons. The van der Waals surface area contributed by atoms with Gasteiger partial charge in [-0.05, 0) is 24.3 Å². The fourth-order valence-corrected chi connectivity index (χ4v) is 2.96. The van der Waals surface area contributed by atoms with Gasteiger partial charge in [0, 0.05) is 25.0 Å². The molecule has 1 aromatic carbocycles. The van der Waals surface area contributed by atoms with Crippen LogP contribution < -0.4 is 14.5 Å². The van der Waals surface area contributed by atoms with Crippen molar-refractivity contribution in [3.63, 3.8) is 0 Å². The molecule has 3 heterocycles. The highest BCUT2D eigenvalue weighted by Crippen LogP contribution is 2.29. The number of hydrogen-bond donors (Lipinski definition) is 0. The third-order valence-corrected chi connectivity index (χ3v) is 4.32. The number of hydrogen-bond acceptors (Lipinski definition) is 6. The number of benzene rings is 1. The molecular formula is C17H18N4O3. The number of methoxy groups -OCH3 is 1. The molecule has 7 heteroatoms. The largest absolute Gasteiger partial charge is 0.497 e. The van der Waals surface area contributed by atoms with Crippen molar-refractivity contribution >= 4 is 17.5 Å². The molecule has 24 heavy (non-hydrogen) atoms. The van der Waals surface area contributed by atoms with Gasteiger partial charge in [-0.1, -0.05) is 0 Å². The van der Waals surface area contributed by atoms with Gasteiger partial charge in [-0.25, -0.2) is 9.97 Å². The lowest BCUT2D eigenvalue weighted by molar-refractivity contribution is 0.0996. The van der Waals surface area contributed by atoms with Crippen LogP contribution in [-0.4, -0.2) is 49.3 Å². The van der Waals surface area contributed by atoms with Gasteiger partial charge in [-0.3, -0.25) is 4.79 Å². The van der Waals surface area contributed by atoms with E-state index in [0.29, 0.717) is 31.3 Å². The molecule has 0 spiro atoms. The normalized spacial score (nSPS) is 17.1. The number of carbonyl (C=O) groups excluding carboxylic acids is 1. The quantitative estimate of drug-likeness (QED) is 0.851. The Hall–Kier alpha value is -2.67. The van der Waals surface area contributed by atoms with Crippen LogP contribution in [0.4, 0.5) is 11.6 Å². The standard InChI is InChI=1S/C17H18N4O3/c1-23-13-4-2-12(3-5-13)21-11-15-14(16(21)22)10-18-17(19-15)20-6-8-24-9-7-20/h2-5,10H,6-9,11H2,1H3. The number of nitrogens with zero attached hydrogens (tertiary/aromatic N) is 4. The maximum absolute atomic E-state index is 12.6. The topological polar surface area (TPSA) is 67.8 Å². The minimum Gasteiger partial charge on any atom is -0.497 e. The number of rotatable bonds is 3. The van der Waals surface area contributed by atoms with Gasteiger partial charge in [0.15, 0.2) is 0 Å². The van der Waals surface area contributed by atoms with E-state index in [2.05, 4.69) is 14.9 Å². The highest BCUT2D eigenvalue weighted by Gasteiger charge is 2.31. The number of amides is 1. The Balaban J connectivity index is 1.59. The fourth-order valence-electron chi connectivity index (χ4n) is 2.96. The summed E-state index contributed by atoms with van der Waals surface area (Å²) in [5.41, 5.74) is 2.17. The molecule has 0 bridgehead atoms. The van der Waals surface area contributed by atoms with Gasteiger partial charge in [0.25, 0.3) is 5.91 Å². The van der Waals surface area contributed by atoms with E-state index < -0.39 is 0 Å². The van der Waals surface area contributed by atoms with Crippen LogP contribution in [-0.2, 0) is 11.3 Å². The maximum atomic E-state index is 12.6. The van der Waals surface area contributed by atoms with Crippen molar-refractivity contribution in [2.24, 2.45) is 0 Å². The first-order chi connectivity index (χ1) is 11.8. The van der Waals surface area contributed by atoms with Gasteiger partial charge in [-0.15, -0.1) is 0 Å². The molecule has 0 saturated carbocycles. The van der Waals surface area contributed by atoms with E-state index >= 15 is 0 Å². The van der Waals surface area contributed by atoms with Crippen molar-refractivity contribution in [1.82, 2.24) is 9.97 Å². The average Bonchev–Trinajstić information content (AvgIpc) is 2.99. The van der Waals surface area contributed by atoms with E-state index in [4.69, 9.17) is 9.47 Å². The van der Waals surface area contributed by atoms with E-state index in [-0.39, 0.29) is 5.91 Å². The summed E-state index contributed by atoms with van der Waals surface area (Å²) in [4.78, 5) is 25.4. The molecule has 1 fully saturated rings. The number of carbonyl (C=O) groups is 1. The van der Waals surface area contributed by atoms with Crippen LogP contribution in [0.15, 0.2) is 30.5 Å². The smallest absolute Gasteiger partial charge is 0.262 e. The summed E-state index contributed by atoms with van der Waals surface area (Å²) in [5, 5.41) is 0. The Morgan fingerprint density at radius 2 is 1.92 bits per heavy atom. The van der Waals surface area contributed by atoms with E-state index in [0.717, 1.165) is 30.2 Å². The highest BCUT2D eigenvalue weighted by molar-refractivity contribution is 6.09. The lowest BCUT2D eigenvalue weighted by atomic mass is 10.2. The molecule has 2 aliphatic rings. The third-order valence-electron chi connectivity index (χ3n) is 4.32. The fraction of sp³-hybridized carbons (Fsp3) is 0.353. The van der Waals surface area contributed by atoms with Gasteiger partial charge in [0.1, 0.15) is 5.75 Å². The molecule has 0 N–H and O–H groups in total. The highest BCUT2D eigenvalue weighted by atomic mass is 16.5. The molecule has 2 aliphatic heterocycles. The van der Waals surface area contributed by atoms with Crippen LogP contribution in [0.1, 0.15) is 16.1 Å². The second-order valence-corrected chi connectivity index (χ2v) is 5.72. The number of ether oxygens (including phenoxy) is 2. The minimum absolute atomic E-state index is 0.0660. The van der Waals surface area contributed by atoms with Crippen LogP contribution in [0.25, 0.3) is 0 Å². The van der Waals surface area contributed by atoms with Crippen molar-refractivity contribution in [3.05, 3.63) is 41.7 Å². The van der Waals surface area contributed by atoms with Gasteiger partial charge >= 0.3 is 0 Å². The molecule has 0 unspecified atom stereocenters. The summed E-state index contributed by atoms with van der Waals surface area (Å²) in [6.45, 7) is 3.36. The first-order valence-electron chi connectivity index (χ1n) is 7.91.